The first-order chi connectivity index (χ1) is 15.7. The van der Waals surface area contributed by atoms with E-state index >= 15 is 0 Å². The predicted octanol–water partition coefficient (Wildman–Crippen LogP) is 3.91. The van der Waals surface area contributed by atoms with Crippen LogP contribution in [0.3, 0.4) is 0 Å². The highest BCUT2D eigenvalue weighted by Gasteiger charge is 2.33. The fraction of sp³-hybridized carbons (Fsp3) is 0.391. The first kappa shape index (κ1) is 22.1. The van der Waals surface area contributed by atoms with Crippen molar-refractivity contribution < 1.29 is 14.3 Å². The van der Waals surface area contributed by atoms with Crippen molar-refractivity contribution >= 4 is 45.1 Å². The number of esters is 1. The number of carbonyl (C=O) groups is 1. The zero-order valence-corrected chi connectivity index (χ0v) is 20.7. The van der Waals surface area contributed by atoms with E-state index in [4.69, 9.17) is 9.47 Å². The van der Waals surface area contributed by atoms with Crippen molar-refractivity contribution in [2.45, 2.75) is 56.7 Å². The number of ether oxygens (including phenoxy) is 2. The Morgan fingerprint density at radius 3 is 2.85 bits per heavy atom. The van der Waals surface area contributed by atoms with Crippen LogP contribution in [-0.2, 0) is 27.3 Å². The maximum atomic E-state index is 14.0. The summed E-state index contributed by atoms with van der Waals surface area (Å²) >= 11 is 2.79. The quantitative estimate of drug-likeness (QED) is 0.321. The zero-order valence-electron chi connectivity index (χ0n) is 19.0. The molecule has 4 aromatic rings. The van der Waals surface area contributed by atoms with Crippen LogP contribution in [0.2, 0.25) is 0 Å². The van der Waals surface area contributed by atoms with Crippen LogP contribution in [0.4, 0.5) is 0 Å². The van der Waals surface area contributed by atoms with Gasteiger partial charge in [0.25, 0.3) is 5.56 Å². The van der Waals surface area contributed by atoms with Crippen molar-refractivity contribution in [3.8, 4) is 5.69 Å². The van der Waals surface area contributed by atoms with Gasteiger partial charge in [-0.2, -0.15) is 0 Å². The molecule has 10 heteroatoms. The highest BCUT2D eigenvalue weighted by molar-refractivity contribution is 8.00. The van der Waals surface area contributed by atoms with Crippen molar-refractivity contribution in [2.75, 3.05) is 7.11 Å². The number of fused-ring (bicyclic) bond motifs is 5. The van der Waals surface area contributed by atoms with Gasteiger partial charge in [-0.05, 0) is 51.0 Å². The van der Waals surface area contributed by atoms with E-state index in [0.717, 1.165) is 26.5 Å². The molecule has 0 aliphatic carbocycles. The van der Waals surface area contributed by atoms with E-state index in [-0.39, 0.29) is 17.1 Å². The average molecular weight is 485 g/mol. The Kier molecular flexibility index (Phi) is 5.34. The summed E-state index contributed by atoms with van der Waals surface area (Å²) in [7, 11) is 1.37. The molecule has 1 aliphatic rings. The van der Waals surface area contributed by atoms with Crippen LogP contribution >= 0.6 is 23.1 Å². The van der Waals surface area contributed by atoms with Crippen LogP contribution in [0.5, 0.6) is 0 Å². The maximum Gasteiger partial charge on any atom is 0.318 e. The Bertz CT molecular complexity index is 1470. The predicted molar refractivity (Wildman–Crippen MR) is 129 cm³/mol. The molecule has 33 heavy (non-hydrogen) atoms. The maximum absolute atomic E-state index is 14.0. The molecule has 1 aliphatic heterocycles. The SMILES string of the molecule is COC(=O)C(C)Sc1nnc2n(-c3cccc(C)c3)c(=O)c3c4c(sc3n12)COC(C)(C)C4. The molecular formula is C23H24N4O4S2. The van der Waals surface area contributed by atoms with E-state index in [1.165, 1.54) is 30.2 Å². The Labute approximate surface area is 198 Å². The van der Waals surface area contributed by atoms with Crippen LogP contribution in [0.25, 0.3) is 21.7 Å². The molecular weight excluding hydrogens is 460 g/mol. The number of hydrogen-bond donors (Lipinski definition) is 0. The third kappa shape index (κ3) is 3.66. The number of thiophene rings is 1. The molecule has 4 heterocycles. The van der Waals surface area contributed by atoms with Gasteiger partial charge < -0.3 is 9.47 Å². The standard InChI is InChI=1S/C23H24N4O4S2/c1-12-7-6-8-14(9-12)26-18(28)17-15-10-23(3,4)31-11-16(15)33-19(17)27-21(26)24-25-22(27)32-13(2)20(29)30-5/h6-9,13H,10-11H2,1-5H3. The number of nitrogens with zero attached hydrogens (tertiary/aromatic N) is 4. The molecule has 0 radical (unpaired) electrons. The molecule has 8 nitrogen and oxygen atoms in total. The van der Waals surface area contributed by atoms with Crippen molar-refractivity contribution in [3.63, 3.8) is 0 Å². The average Bonchev–Trinajstić information content (AvgIpc) is 3.34. The molecule has 5 rings (SSSR count). The van der Waals surface area contributed by atoms with Crippen LogP contribution in [0, 0.1) is 6.92 Å². The van der Waals surface area contributed by atoms with Crippen molar-refractivity contribution in [3.05, 3.63) is 50.6 Å². The highest BCUT2D eigenvalue weighted by Crippen LogP contribution is 2.39. The molecule has 0 N–H and O–H groups in total. The second kappa shape index (κ2) is 7.96. The number of aryl methyl sites for hydroxylation is 1. The molecule has 0 bridgehead atoms. The van der Waals surface area contributed by atoms with Gasteiger partial charge in [-0.25, -0.2) is 8.97 Å². The van der Waals surface area contributed by atoms with Crippen molar-refractivity contribution in [1.29, 1.82) is 0 Å². The van der Waals surface area contributed by atoms with Gasteiger partial charge in [0.1, 0.15) is 10.1 Å². The van der Waals surface area contributed by atoms with Gasteiger partial charge in [-0.15, -0.1) is 21.5 Å². The van der Waals surface area contributed by atoms with E-state index < -0.39 is 5.25 Å². The van der Waals surface area contributed by atoms with E-state index in [0.29, 0.717) is 29.3 Å². The monoisotopic (exact) mass is 484 g/mol. The molecule has 1 atom stereocenters. The minimum atomic E-state index is -0.478. The van der Waals surface area contributed by atoms with Crippen LogP contribution in [0.15, 0.2) is 34.2 Å². The molecule has 0 saturated heterocycles. The molecule has 0 amide bonds. The summed E-state index contributed by atoms with van der Waals surface area (Å²) < 4.78 is 14.4. The van der Waals surface area contributed by atoms with Crippen LogP contribution in [-0.4, -0.2) is 43.1 Å². The Hall–Kier alpha value is -2.69. The Morgan fingerprint density at radius 2 is 2.12 bits per heavy atom. The van der Waals surface area contributed by atoms with E-state index in [1.807, 2.05) is 49.4 Å². The third-order valence-corrected chi connectivity index (χ3v) is 7.99. The summed E-state index contributed by atoms with van der Waals surface area (Å²) in [5.41, 5.74) is 2.30. The third-order valence-electron chi connectivity index (χ3n) is 5.78. The van der Waals surface area contributed by atoms with E-state index in [9.17, 15) is 9.59 Å². The molecule has 1 aromatic carbocycles. The summed E-state index contributed by atoms with van der Waals surface area (Å²) in [5.74, 6) is 0.0667. The second-order valence-corrected chi connectivity index (χ2v) is 11.2. The first-order valence-electron chi connectivity index (χ1n) is 10.6. The lowest BCUT2D eigenvalue weighted by molar-refractivity contribution is -0.139. The number of aromatic nitrogens is 4. The molecule has 0 saturated carbocycles. The van der Waals surface area contributed by atoms with Crippen LogP contribution < -0.4 is 5.56 Å². The zero-order chi connectivity index (χ0) is 23.5. The van der Waals surface area contributed by atoms with Gasteiger partial charge in [-0.3, -0.25) is 9.59 Å². The lowest BCUT2D eigenvalue weighted by atomic mass is 9.94. The number of hydrogen-bond acceptors (Lipinski definition) is 8. The van der Waals surface area contributed by atoms with Gasteiger partial charge in [0.05, 0.1) is 30.4 Å². The Balaban J connectivity index is 1.85. The summed E-state index contributed by atoms with van der Waals surface area (Å²) in [6.45, 7) is 8.28. The molecule has 0 fully saturated rings. The Morgan fingerprint density at radius 1 is 1.33 bits per heavy atom. The molecule has 3 aromatic heterocycles. The van der Waals surface area contributed by atoms with Gasteiger partial charge in [-0.1, -0.05) is 23.9 Å². The number of carbonyl (C=O) groups excluding carboxylic acids is 1. The molecule has 1 unspecified atom stereocenters. The normalized spacial score (nSPS) is 16.2. The van der Waals surface area contributed by atoms with Crippen molar-refractivity contribution in [2.24, 2.45) is 0 Å². The summed E-state index contributed by atoms with van der Waals surface area (Å²) in [6, 6.07) is 7.76. The first-order valence-corrected chi connectivity index (χ1v) is 12.3. The van der Waals surface area contributed by atoms with E-state index in [2.05, 4.69) is 10.2 Å². The van der Waals surface area contributed by atoms with Crippen molar-refractivity contribution in [1.82, 2.24) is 19.2 Å². The summed E-state index contributed by atoms with van der Waals surface area (Å²) in [4.78, 5) is 27.8. The largest absolute Gasteiger partial charge is 0.468 e. The fourth-order valence-corrected chi connectivity index (χ4v) is 6.31. The molecule has 172 valence electrons. The minimum absolute atomic E-state index is 0.122. The van der Waals surface area contributed by atoms with Gasteiger partial charge in [0.15, 0.2) is 5.16 Å². The summed E-state index contributed by atoms with van der Waals surface area (Å²) in [6.07, 6.45) is 0.639. The smallest absolute Gasteiger partial charge is 0.318 e. The fourth-order valence-electron chi connectivity index (χ4n) is 4.15. The lowest BCUT2D eigenvalue weighted by Gasteiger charge is -2.29. The number of rotatable bonds is 4. The van der Waals surface area contributed by atoms with Gasteiger partial charge >= 0.3 is 5.97 Å². The number of benzene rings is 1. The van der Waals surface area contributed by atoms with Gasteiger partial charge in [0.2, 0.25) is 5.78 Å². The second-order valence-electron chi connectivity index (χ2n) is 8.79. The topological polar surface area (TPSA) is 87.7 Å². The molecule has 0 spiro atoms. The number of thioether (sulfide) groups is 1. The highest BCUT2D eigenvalue weighted by atomic mass is 32.2. The lowest BCUT2D eigenvalue weighted by Crippen LogP contribution is -2.32. The van der Waals surface area contributed by atoms with E-state index in [1.54, 1.807) is 11.5 Å². The number of methoxy groups -OCH3 is 1. The van der Waals surface area contributed by atoms with Crippen LogP contribution in [0.1, 0.15) is 36.8 Å². The minimum Gasteiger partial charge on any atom is -0.468 e. The van der Waals surface area contributed by atoms with Gasteiger partial charge in [0, 0.05) is 11.3 Å². The summed E-state index contributed by atoms with van der Waals surface area (Å²) in [5, 5.41) is 9.47.